The summed E-state index contributed by atoms with van der Waals surface area (Å²) < 4.78 is 7.29. The number of hydrogen-bond acceptors (Lipinski definition) is 5. The molecule has 1 amide bonds. The molecule has 7 heteroatoms. The molecule has 0 fully saturated rings. The molecule has 1 N–H and O–H groups in total. The average molecular weight is 411 g/mol. The number of carbonyl (C=O) groups is 1. The van der Waals surface area contributed by atoms with Crippen molar-refractivity contribution in [2.75, 3.05) is 12.9 Å². The standard InChI is InChI=1S/C22H26N4O2S/c1-16(13-14-17-9-5-4-6-10-17)23-20(27)15-29-22-25-24-21(26(22)2)18-11-7-8-12-19(18)28-3/h4-12,16H,13-15H2,1-3H3,(H,23,27). The van der Waals surface area contributed by atoms with Gasteiger partial charge in [-0.05, 0) is 37.5 Å². The molecule has 1 unspecified atom stereocenters. The zero-order valence-corrected chi connectivity index (χ0v) is 17.8. The van der Waals surface area contributed by atoms with Gasteiger partial charge >= 0.3 is 0 Å². The molecule has 29 heavy (non-hydrogen) atoms. The average Bonchev–Trinajstić information content (AvgIpc) is 3.11. The first kappa shape index (κ1) is 20.9. The van der Waals surface area contributed by atoms with E-state index in [0.717, 1.165) is 24.2 Å². The van der Waals surface area contributed by atoms with Gasteiger partial charge in [-0.1, -0.05) is 54.2 Å². The lowest BCUT2D eigenvalue weighted by Gasteiger charge is -2.13. The van der Waals surface area contributed by atoms with E-state index in [1.165, 1.54) is 17.3 Å². The fourth-order valence-electron chi connectivity index (χ4n) is 3.05. The van der Waals surface area contributed by atoms with Crippen LogP contribution in [0.2, 0.25) is 0 Å². The number of ether oxygens (including phenoxy) is 1. The molecule has 0 spiro atoms. The van der Waals surface area contributed by atoms with Crippen LogP contribution in [-0.4, -0.2) is 39.6 Å². The maximum atomic E-state index is 12.3. The predicted octanol–water partition coefficient (Wildman–Crippen LogP) is 3.72. The van der Waals surface area contributed by atoms with Gasteiger partial charge in [0.1, 0.15) is 5.75 Å². The van der Waals surface area contributed by atoms with E-state index in [1.807, 2.05) is 61.0 Å². The van der Waals surface area contributed by atoms with Crippen LogP contribution in [0.5, 0.6) is 5.75 Å². The van der Waals surface area contributed by atoms with Gasteiger partial charge in [0.2, 0.25) is 5.91 Å². The van der Waals surface area contributed by atoms with E-state index in [4.69, 9.17) is 4.74 Å². The minimum absolute atomic E-state index is 0.00240. The van der Waals surface area contributed by atoms with Crippen molar-refractivity contribution in [2.24, 2.45) is 7.05 Å². The van der Waals surface area contributed by atoms with E-state index in [2.05, 4.69) is 27.6 Å². The van der Waals surface area contributed by atoms with Crippen molar-refractivity contribution in [1.29, 1.82) is 0 Å². The second-order valence-corrected chi connectivity index (χ2v) is 7.79. The fraction of sp³-hybridized carbons (Fsp3) is 0.318. The summed E-state index contributed by atoms with van der Waals surface area (Å²) in [5.74, 6) is 1.75. The zero-order chi connectivity index (χ0) is 20.6. The Morgan fingerprint density at radius 2 is 1.86 bits per heavy atom. The van der Waals surface area contributed by atoms with Crippen LogP contribution < -0.4 is 10.1 Å². The van der Waals surface area contributed by atoms with Crippen LogP contribution >= 0.6 is 11.8 Å². The first-order valence-electron chi connectivity index (χ1n) is 9.57. The second-order valence-electron chi connectivity index (χ2n) is 6.85. The van der Waals surface area contributed by atoms with Gasteiger partial charge in [0.25, 0.3) is 0 Å². The van der Waals surface area contributed by atoms with Gasteiger partial charge in [0, 0.05) is 13.1 Å². The summed E-state index contributed by atoms with van der Waals surface area (Å²) in [5, 5.41) is 12.3. The zero-order valence-electron chi connectivity index (χ0n) is 17.0. The fourth-order valence-corrected chi connectivity index (χ4v) is 3.77. The number of thioether (sulfide) groups is 1. The third-order valence-corrected chi connectivity index (χ3v) is 5.65. The monoisotopic (exact) mass is 410 g/mol. The van der Waals surface area contributed by atoms with E-state index in [0.29, 0.717) is 16.7 Å². The summed E-state index contributed by atoms with van der Waals surface area (Å²) in [6, 6.07) is 18.1. The smallest absolute Gasteiger partial charge is 0.230 e. The summed E-state index contributed by atoms with van der Waals surface area (Å²) in [5.41, 5.74) is 2.15. The first-order valence-corrected chi connectivity index (χ1v) is 10.6. The first-order chi connectivity index (χ1) is 14.1. The lowest BCUT2D eigenvalue weighted by molar-refractivity contribution is -0.119. The van der Waals surface area contributed by atoms with Crippen LogP contribution in [0.1, 0.15) is 18.9 Å². The summed E-state index contributed by atoms with van der Waals surface area (Å²) in [6.07, 6.45) is 1.85. The van der Waals surface area contributed by atoms with Crippen molar-refractivity contribution in [2.45, 2.75) is 31.0 Å². The molecular formula is C22H26N4O2S. The minimum Gasteiger partial charge on any atom is -0.496 e. The summed E-state index contributed by atoms with van der Waals surface area (Å²) in [7, 11) is 3.53. The molecule has 1 aromatic heterocycles. The van der Waals surface area contributed by atoms with E-state index in [9.17, 15) is 4.79 Å². The van der Waals surface area contributed by atoms with Crippen molar-refractivity contribution in [3.63, 3.8) is 0 Å². The molecule has 2 aromatic carbocycles. The molecule has 3 aromatic rings. The van der Waals surface area contributed by atoms with E-state index in [1.54, 1.807) is 7.11 Å². The van der Waals surface area contributed by atoms with Gasteiger partial charge in [-0.2, -0.15) is 0 Å². The Balaban J connectivity index is 1.52. The van der Waals surface area contributed by atoms with E-state index < -0.39 is 0 Å². The number of amides is 1. The van der Waals surface area contributed by atoms with Gasteiger partial charge in [0.05, 0.1) is 18.4 Å². The maximum absolute atomic E-state index is 12.3. The molecule has 152 valence electrons. The van der Waals surface area contributed by atoms with Crippen molar-refractivity contribution < 1.29 is 9.53 Å². The number of aryl methyl sites for hydroxylation is 1. The Morgan fingerprint density at radius 1 is 1.14 bits per heavy atom. The van der Waals surface area contributed by atoms with E-state index >= 15 is 0 Å². The van der Waals surface area contributed by atoms with Crippen LogP contribution in [0.15, 0.2) is 59.8 Å². The second kappa shape index (κ2) is 10.1. The number of aromatic nitrogens is 3. The topological polar surface area (TPSA) is 69.0 Å². The molecular weight excluding hydrogens is 384 g/mol. The van der Waals surface area contributed by atoms with Crippen LogP contribution in [0, 0.1) is 0 Å². The number of nitrogens with zero attached hydrogens (tertiary/aromatic N) is 3. The number of benzene rings is 2. The van der Waals surface area contributed by atoms with Crippen LogP contribution in [-0.2, 0) is 18.3 Å². The molecule has 0 aliphatic carbocycles. The van der Waals surface area contributed by atoms with Gasteiger partial charge in [0.15, 0.2) is 11.0 Å². The molecule has 1 atom stereocenters. The Morgan fingerprint density at radius 3 is 2.62 bits per heavy atom. The third kappa shape index (κ3) is 5.60. The van der Waals surface area contributed by atoms with Crippen LogP contribution in [0.3, 0.4) is 0 Å². The molecule has 6 nitrogen and oxygen atoms in total. The predicted molar refractivity (Wildman–Crippen MR) is 116 cm³/mol. The Kier molecular flexibility index (Phi) is 7.30. The molecule has 0 saturated carbocycles. The summed E-state index contributed by atoms with van der Waals surface area (Å²) >= 11 is 1.38. The highest BCUT2D eigenvalue weighted by Gasteiger charge is 2.16. The van der Waals surface area contributed by atoms with E-state index in [-0.39, 0.29) is 11.9 Å². The molecule has 0 aliphatic rings. The Labute approximate surface area is 175 Å². The highest BCUT2D eigenvalue weighted by molar-refractivity contribution is 7.99. The van der Waals surface area contributed by atoms with Gasteiger partial charge in [-0.15, -0.1) is 10.2 Å². The Bertz CT molecular complexity index is 943. The van der Waals surface area contributed by atoms with Crippen molar-refractivity contribution >= 4 is 17.7 Å². The van der Waals surface area contributed by atoms with Crippen LogP contribution in [0.25, 0.3) is 11.4 Å². The maximum Gasteiger partial charge on any atom is 0.230 e. The normalized spacial score (nSPS) is 11.8. The summed E-state index contributed by atoms with van der Waals surface area (Å²) in [4.78, 5) is 12.3. The molecule has 0 radical (unpaired) electrons. The van der Waals surface area contributed by atoms with Crippen molar-refractivity contribution in [3.05, 3.63) is 60.2 Å². The van der Waals surface area contributed by atoms with Gasteiger partial charge in [-0.25, -0.2) is 0 Å². The highest BCUT2D eigenvalue weighted by atomic mass is 32.2. The quantitative estimate of drug-likeness (QED) is 0.545. The molecule has 1 heterocycles. The molecule has 0 aliphatic heterocycles. The largest absolute Gasteiger partial charge is 0.496 e. The SMILES string of the molecule is COc1ccccc1-c1nnc(SCC(=O)NC(C)CCc2ccccc2)n1C. The number of para-hydroxylation sites is 1. The number of hydrogen-bond donors (Lipinski definition) is 1. The number of rotatable bonds is 9. The molecule has 3 rings (SSSR count). The van der Waals surface area contributed by atoms with Crippen LogP contribution in [0.4, 0.5) is 0 Å². The summed E-state index contributed by atoms with van der Waals surface area (Å²) in [6.45, 7) is 2.04. The third-order valence-electron chi connectivity index (χ3n) is 4.63. The number of nitrogens with one attached hydrogen (secondary N) is 1. The molecule has 0 bridgehead atoms. The highest BCUT2D eigenvalue weighted by Crippen LogP contribution is 2.29. The minimum atomic E-state index is -0.00240. The lowest BCUT2D eigenvalue weighted by atomic mass is 10.1. The number of carbonyl (C=O) groups excluding carboxylic acids is 1. The number of methoxy groups -OCH3 is 1. The van der Waals surface area contributed by atoms with Gasteiger partial charge in [-0.3, -0.25) is 4.79 Å². The van der Waals surface area contributed by atoms with Gasteiger partial charge < -0.3 is 14.6 Å². The Hall–Kier alpha value is -2.80. The van der Waals surface area contributed by atoms with Crippen molar-refractivity contribution in [3.8, 4) is 17.1 Å². The molecule has 0 saturated heterocycles. The van der Waals surface area contributed by atoms with Crippen molar-refractivity contribution in [1.82, 2.24) is 20.1 Å². The lowest BCUT2D eigenvalue weighted by Crippen LogP contribution is -2.34.